The lowest BCUT2D eigenvalue weighted by Gasteiger charge is -2.33. The maximum atomic E-state index is 14.5. The summed E-state index contributed by atoms with van der Waals surface area (Å²) in [5, 5.41) is 2.95. The van der Waals surface area contributed by atoms with Gasteiger partial charge in [-0.05, 0) is 50.1 Å². The average molecular weight is 523 g/mol. The number of carbonyl (C=O) groups excluding carboxylic acids is 2. The molecule has 0 saturated heterocycles. The summed E-state index contributed by atoms with van der Waals surface area (Å²) in [6, 6.07) is 9.59. The van der Waals surface area contributed by atoms with Gasteiger partial charge in [-0.2, -0.15) is 12.7 Å². The lowest BCUT2D eigenvalue weighted by atomic mass is 10.1. The summed E-state index contributed by atoms with van der Waals surface area (Å²) in [5.74, 6) is -2.21. The van der Waals surface area contributed by atoms with Crippen LogP contribution in [0.4, 0.5) is 14.5 Å². The second-order valence-electron chi connectivity index (χ2n) is 9.05. The van der Waals surface area contributed by atoms with Crippen LogP contribution in [-0.2, 0) is 26.3 Å². The van der Waals surface area contributed by atoms with Crippen LogP contribution in [-0.4, -0.2) is 62.2 Å². The van der Waals surface area contributed by atoms with E-state index in [1.165, 1.54) is 56.3 Å². The summed E-state index contributed by atoms with van der Waals surface area (Å²) < 4.78 is 55.9. The van der Waals surface area contributed by atoms with Crippen LogP contribution >= 0.6 is 0 Å². The summed E-state index contributed by atoms with van der Waals surface area (Å²) in [4.78, 5) is 27.8. The van der Waals surface area contributed by atoms with Crippen molar-refractivity contribution in [2.75, 3.05) is 24.9 Å². The number of benzene rings is 2. The molecule has 36 heavy (non-hydrogen) atoms. The minimum atomic E-state index is -4.16. The van der Waals surface area contributed by atoms with Gasteiger partial charge in [0.25, 0.3) is 0 Å². The first-order valence-electron chi connectivity index (χ1n) is 11.8. The summed E-state index contributed by atoms with van der Waals surface area (Å²) in [6.07, 6.45) is 3.71. The molecule has 1 aliphatic rings. The van der Waals surface area contributed by atoms with Crippen LogP contribution in [0.1, 0.15) is 38.2 Å². The molecule has 196 valence electrons. The normalized spacial score (nSPS) is 15.1. The summed E-state index contributed by atoms with van der Waals surface area (Å²) in [6.45, 7) is 0.636. The highest BCUT2D eigenvalue weighted by Gasteiger charge is 2.33. The number of hydrogen-bond donors (Lipinski definition) is 1. The second-order valence-corrected chi connectivity index (χ2v) is 11.1. The van der Waals surface area contributed by atoms with E-state index in [1.54, 1.807) is 6.07 Å². The smallest absolute Gasteiger partial charge is 0.304 e. The van der Waals surface area contributed by atoms with Crippen LogP contribution in [0.15, 0.2) is 48.5 Å². The number of nitrogens with zero attached hydrogens (tertiary/aromatic N) is 3. The summed E-state index contributed by atoms with van der Waals surface area (Å²) in [7, 11) is -1.54. The predicted molar refractivity (Wildman–Crippen MR) is 133 cm³/mol. The first-order valence-corrected chi connectivity index (χ1v) is 13.2. The predicted octanol–water partition coefficient (Wildman–Crippen LogP) is 3.05. The third-order valence-corrected chi connectivity index (χ3v) is 8.12. The molecule has 1 atom stereocenters. The molecule has 1 aliphatic carbocycles. The largest absolute Gasteiger partial charge is 0.352 e. The van der Waals surface area contributed by atoms with Crippen LogP contribution in [0, 0.1) is 11.6 Å². The fourth-order valence-electron chi connectivity index (χ4n) is 4.11. The highest BCUT2D eigenvalue weighted by Crippen LogP contribution is 2.22. The number of anilines is 1. The van der Waals surface area contributed by atoms with Gasteiger partial charge in [-0.3, -0.25) is 9.59 Å². The monoisotopic (exact) mass is 522 g/mol. The Morgan fingerprint density at radius 3 is 2.22 bits per heavy atom. The molecule has 1 fully saturated rings. The zero-order valence-electron chi connectivity index (χ0n) is 20.7. The van der Waals surface area contributed by atoms with Crippen molar-refractivity contribution in [3.05, 3.63) is 65.7 Å². The first kappa shape index (κ1) is 27.5. The molecule has 0 bridgehead atoms. The Morgan fingerprint density at radius 1 is 1.03 bits per heavy atom. The Bertz CT molecular complexity index is 1170. The first-order chi connectivity index (χ1) is 17.0. The molecule has 11 heteroatoms. The van der Waals surface area contributed by atoms with E-state index in [9.17, 15) is 26.8 Å². The molecule has 0 aliphatic heterocycles. The molecule has 3 rings (SSSR count). The standard InChI is InChI=1S/C25H32F2N4O4S/c1-18(25(33)28-21-9-5-6-10-21)30(16-19-8-4-7-11-23(19)27)24(32)17-31(36(34,35)29(2)3)22-14-12-20(26)13-15-22/h4,7-8,11-15,18,21H,5-6,9-10,16-17H2,1-3H3,(H,28,33)/t18-/m1/s1. The molecule has 0 heterocycles. The van der Waals surface area contributed by atoms with E-state index >= 15 is 0 Å². The SMILES string of the molecule is C[C@H](C(=O)NC1CCCC1)N(Cc1ccccc1F)C(=O)CN(c1ccc(F)cc1)S(=O)(=O)N(C)C. The van der Waals surface area contributed by atoms with Crippen LogP contribution < -0.4 is 9.62 Å². The minimum absolute atomic E-state index is 0.00944. The molecule has 1 saturated carbocycles. The van der Waals surface area contributed by atoms with Crippen molar-refractivity contribution in [3.63, 3.8) is 0 Å². The van der Waals surface area contributed by atoms with Gasteiger partial charge in [-0.1, -0.05) is 31.0 Å². The van der Waals surface area contributed by atoms with Crippen molar-refractivity contribution in [1.82, 2.24) is 14.5 Å². The lowest BCUT2D eigenvalue weighted by Crippen LogP contribution is -2.53. The summed E-state index contributed by atoms with van der Waals surface area (Å²) in [5.41, 5.74) is 0.266. The molecule has 0 aromatic heterocycles. The molecule has 2 aromatic carbocycles. The summed E-state index contributed by atoms with van der Waals surface area (Å²) >= 11 is 0. The van der Waals surface area contributed by atoms with Crippen molar-refractivity contribution >= 4 is 27.7 Å². The topological polar surface area (TPSA) is 90.0 Å². The van der Waals surface area contributed by atoms with E-state index in [0.717, 1.165) is 46.4 Å². The Labute approximate surface area is 211 Å². The van der Waals surface area contributed by atoms with Gasteiger partial charge in [-0.15, -0.1) is 0 Å². The van der Waals surface area contributed by atoms with Crippen LogP contribution in [0.5, 0.6) is 0 Å². The third kappa shape index (κ3) is 6.58. The Kier molecular flexibility index (Phi) is 9.02. The van der Waals surface area contributed by atoms with Crippen molar-refractivity contribution in [3.8, 4) is 0 Å². The van der Waals surface area contributed by atoms with Crippen molar-refractivity contribution < 1.29 is 26.8 Å². The van der Waals surface area contributed by atoms with E-state index in [4.69, 9.17) is 0 Å². The fourth-order valence-corrected chi connectivity index (χ4v) is 5.16. The number of rotatable bonds is 10. The van der Waals surface area contributed by atoms with Crippen LogP contribution in [0.2, 0.25) is 0 Å². The fraction of sp³-hybridized carbons (Fsp3) is 0.440. The van der Waals surface area contributed by atoms with E-state index in [0.29, 0.717) is 0 Å². The molecule has 2 amide bonds. The Morgan fingerprint density at radius 2 is 1.64 bits per heavy atom. The van der Waals surface area contributed by atoms with Gasteiger partial charge in [0.1, 0.15) is 24.2 Å². The van der Waals surface area contributed by atoms with Gasteiger partial charge in [0.15, 0.2) is 0 Å². The highest BCUT2D eigenvalue weighted by molar-refractivity contribution is 7.90. The molecule has 0 radical (unpaired) electrons. The van der Waals surface area contributed by atoms with Gasteiger partial charge < -0.3 is 10.2 Å². The second kappa shape index (κ2) is 11.8. The number of hydrogen-bond acceptors (Lipinski definition) is 4. The van der Waals surface area contributed by atoms with E-state index in [1.807, 2.05) is 0 Å². The lowest BCUT2D eigenvalue weighted by molar-refractivity contribution is -0.139. The van der Waals surface area contributed by atoms with Crippen molar-refractivity contribution in [2.45, 2.75) is 51.2 Å². The highest BCUT2D eigenvalue weighted by atomic mass is 32.2. The minimum Gasteiger partial charge on any atom is -0.352 e. The van der Waals surface area contributed by atoms with Crippen LogP contribution in [0.3, 0.4) is 0 Å². The van der Waals surface area contributed by atoms with Crippen molar-refractivity contribution in [1.29, 1.82) is 0 Å². The van der Waals surface area contributed by atoms with Gasteiger partial charge in [-0.25, -0.2) is 13.1 Å². The average Bonchev–Trinajstić information content (AvgIpc) is 3.35. The van der Waals surface area contributed by atoms with Gasteiger partial charge in [0.05, 0.1) is 5.69 Å². The molecule has 0 unspecified atom stereocenters. The van der Waals surface area contributed by atoms with Crippen LogP contribution in [0.25, 0.3) is 0 Å². The molecular weight excluding hydrogens is 490 g/mol. The zero-order valence-corrected chi connectivity index (χ0v) is 21.5. The van der Waals surface area contributed by atoms with E-state index in [-0.39, 0.29) is 23.8 Å². The Balaban J connectivity index is 1.93. The molecule has 2 aromatic rings. The number of amides is 2. The van der Waals surface area contributed by atoms with Gasteiger partial charge in [0, 0.05) is 32.2 Å². The zero-order chi connectivity index (χ0) is 26.5. The number of nitrogens with one attached hydrogen (secondary N) is 1. The molecule has 1 N–H and O–H groups in total. The Hall–Kier alpha value is -3.05. The quantitative estimate of drug-likeness (QED) is 0.520. The van der Waals surface area contributed by atoms with Gasteiger partial charge in [0.2, 0.25) is 11.8 Å². The van der Waals surface area contributed by atoms with E-state index < -0.39 is 46.2 Å². The molecular formula is C25H32F2N4O4S. The maximum Gasteiger partial charge on any atom is 0.304 e. The van der Waals surface area contributed by atoms with Gasteiger partial charge >= 0.3 is 10.2 Å². The number of halogens is 2. The maximum absolute atomic E-state index is 14.5. The van der Waals surface area contributed by atoms with Crippen molar-refractivity contribution in [2.24, 2.45) is 0 Å². The molecule has 0 spiro atoms. The third-order valence-electron chi connectivity index (χ3n) is 6.30. The molecule has 8 nitrogen and oxygen atoms in total. The van der Waals surface area contributed by atoms with E-state index in [2.05, 4.69) is 5.32 Å². The number of carbonyl (C=O) groups is 2.